The van der Waals surface area contributed by atoms with Crippen LogP contribution >= 0.6 is 0 Å². The highest BCUT2D eigenvalue weighted by atomic mass is 16.8. The molecule has 0 radical (unpaired) electrons. The number of hydrogen-bond donors (Lipinski definition) is 2. The largest absolute Gasteiger partial charge is 0.477 e. The van der Waals surface area contributed by atoms with Gasteiger partial charge in [0.2, 0.25) is 0 Å². The number of aliphatic hydroxyl groups is 1. The van der Waals surface area contributed by atoms with Crippen molar-refractivity contribution in [2.75, 3.05) is 13.2 Å². The average Bonchev–Trinajstić information content (AvgIpc) is 3.15. The summed E-state index contributed by atoms with van der Waals surface area (Å²) < 4.78 is 30.8. The van der Waals surface area contributed by atoms with Crippen LogP contribution in [0.3, 0.4) is 0 Å². The Labute approximate surface area is 124 Å². The Morgan fingerprint density at radius 1 is 1.14 bits per heavy atom. The van der Waals surface area contributed by atoms with Crippen molar-refractivity contribution < 1.29 is 48.2 Å². The molecule has 0 amide bonds. The van der Waals surface area contributed by atoms with Gasteiger partial charge in [0.1, 0.15) is 24.4 Å². The summed E-state index contributed by atoms with van der Waals surface area (Å²) in [7, 11) is 0. The molecular formula is C12H16O10. The molecule has 0 aromatic carbocycles. The molecule has 0 spiro atoms. The van der Waals surface area contributed by atoms with E-state index in [2.05, 4.69) is 0 Å². The third-order valence-corrected chi connectivity index (χ3v) is 3.53. The molecular weight excluding hydrogens is 304 g/mol. The van der Waals surface area contributed by atoms with Crippen LogP contribution in [0.2, 0.25) is 0 Å². The Morgan fingerprint density at radius 2 is 1.91 bits per heavy atom. The molecule has 124 valence electrons. The smallest absolute Gasteiger partial charge is 0.363 e. The maximum Gasteiger partial charge on any atom is 0.363 e. The topological polar surface area (TPSA) is 130 Å². The Hall–Kier alpha value is -1.30. The third kappa shape index (κ3) is 2.69. The van der Waals surface area contributed by atoms with Crippen LogP contribution < -0.4 is 0 Å². The first-order valence-corrected chi connectivity index (χ1v) is 6.82. The first-order chi connectivity index (χ1) is 10.5. The van der Waals surface area contributed by atoms with Crippen molar-refractivity contribution in [2.24, 2.45) is 0 Å². The van der Waals surface area contributed by atoms with Crippen LogP contribution in [0.5, 0.6) is 0 Å². The predicted octanol–water partition coefficient (Wildman–Crippen LogP) is -1.80. The van der Waals surface area contributed by atoms with E-state index in [9.17, 15) is 14.7 Å². The van der Waals surface area contributed by atoms with Crippen LogP contribution in [0, 0.1) is 0 Å². The maximum atomic E-state index is 11.5. The number of rotatable bonds is 4. The fourth-order valence-electron chi connectivity index (χ4n) is 2.56. The molecule has 3 fully saturated rings. The molecule has 0 saturated carbocycles. The summed E-state index contributed by atoms with van der Waals surface area (Å²) in [6.45, 7) is 1.78. The number of fused-ring (bicyclic) bond motifs is 1. The Bertz CT molecular complexity index is 453. The highest BCUT2D eigenvalue weighted by Crippen LogP contribution is 2.36. The molecule has 0 bridgehead atoms. The van der Waals surface area contributed by atoms with Crippen LogP contribution in [0.4, 0.5) is 0 Å². The quantitative estimate of drug-likeness (QED) is 0.572. The number of carbonyl (C=O) groups excluding carboxylic acids is 1. The zero-order chi connectivity index (χ0) is 15.9. The van der Waals surface area contributed by atoms with Crippen molar-refractivity contribution >= 4 is 11.9 Å². The van der Waals surface area contributed by atoms with Gasteiger partial charge in [-0.1, -0.05) is 0 Å². The first-order valence-electron chi connectivity index (χ1n) is 6.82. The van der Waals surface area contributed by atoms with Gasteiger partial charge < -0.3 is 38.6 Å². The van der Waals surface area contributed by atoms with Gasteiger partial charge in [0.25, 0.3) is 12.6 Å². The first kappa shape index (κ1) is 15.6. The summed E-state index contributed by atoms with van der Waals surface area (Å²) in [5.74, 6) is -1.96. The second-order valence-corrected chi connectivity index (χ2v) is 4.96. The van der Waals surface area contributed by atoms with Crippen LogP contribution in [-0.4, -0.2) is 78.7 Å². The van der Waals surface area contributed by atoms with Crippen molar-refractivity contribution in [1.29, 1.82) is 0 Å². The van der Waals surface area contributed by atoms with Crippen molar-refractivity contribution in [3.8, 4) is 0 Å². The molecule has 3 aliphatic heterocycles. The van der Waals surface area contributed by atoms with Gasteiger partial charge in [-0.3, -0.25) is 0 Å². The molecule has 2 N–H and O–H groups in total. The lowest BCUT2D eigenvalue weighted by Crippen LogP contribution is -2.42. The fourth-order valence-corrected chi connectivity index (χ4v) is 2.56. The van der Waals surface area contributed by atoms with Gasteiger partial charge in [-0.25, -0.2) is 9.59 Å². The lowest BCUT2D eigenvalue weighted by atomic mass is 10.1. The van der Waals surface area contributed by atoms with E-state index in [0.717, 1.165) is 0 Å². The highest BCUT2D eigenvalue weighted by Gasteiger charge is 2.57. The van der Waals surface area contributed by atoms with Gasteiger partial charge >= 0.3 is 11.9 Å². The molecule has 10 nitrogen and oxygen atoms in total. The summed E-state index contributed by atoms with van der Waals surface area (Å²) in [5.41, 5.74) is 0. The number of ether oxygens (including phenoxy) is 6. The van der Waals surface area contributed by atoms with Gasteiger partial charge in [0, 0.05) is 0 Å². The van der Waals surface area contributed by atoms with Crippen LogP contribution in [0.15, 0.2) is 0 Å². The van der Waals surface area contributed by atoms with E-state index in [1.54, 1.807) is 6.92 Å². The summed E-state index contributed by atoms with van der Waals surface area (Å²) in [4.78, 5) is 22.3. The van der Waals surface area contributed by atoms with Crippen LogP contribution in [0.1, 0.15) is 6.92 Å². The third-order valence-electron chi connectivity index (χ3n) is 3.53. The van der Waals surface area contributed by atoms with Gasteiger partial charge in [-0.05, 0) is 6.92 Å². The number of hydrogen-bond acceptors (Lipinski definition) is 9. The fraction of sp³-hybridized carbons (Fsp3) is 0.833. The van der Waals surface area contributed by atoms with Crippen molar-refractivity contribution in [2.45, 2.75) is 50.2 Å². The maximum absolute atomic E-state index is 11.5. The van der Waals surface area contributed by atoms with E-state index in [1.807, 2.05) is 0 Å². The van der Waals surface area contributed by atoms with E-state index in [1.165, 1.54) is 0 Å². The summed E-state index contributed by atoms with van der Waals surface area (Å²) in [6, 6.07) is 0. The summed E-state index contributed by atoms with van der Waals surface area (Å²) in [6.07, 6.45) is -7.27. The van der Waals surface area contributed by atoms with Crippen molar-refractivity contribution in [3.05, 3.63) is 0 Å². The number of aliphatic carboxylic acids is 1. The summed E-state index contributed by atoms with van der Waals surface area (Å²) in [5, 5.41) is 19.0. The highest BCUT2D eigenvalue weighted by molar-refractivity contribution is 5.73. The SMILES string of the molecule is CCOC(=O)C1OC2OC(C3COC(C(=O)O)O3)C(O)C2O1. The molecule has 10 heteroatoms. The molecule has 7 atom stereocenters. The standard InChI is InChI=1S/C12H16O10/c1-2-17-9(16)12-21-7-5(13)6(20-10(7)22-12)4-3-18-11(19-4)8(14)15/h4-7,10-13H,2-3H2,1H3,(H,14,15). The van der Waals surface area contributed by atoms with E-state index >= 15 is 0 Å². The van der Waals surface area contributed by atoms with E-state index in [4.69, 9.17) is 33.5 Å². The number of aliphatic hydroxyl groups excluding tert-OH is 1. The lowest BCUT2D eigenvalue weighted by Gasteiger charge is -2.22. The zero-order valence-electron chi connectivity index (χ0n) is 11.6. The van der Waals surface area contributed by atoms with Gasteiger partial charge in [-0.15, -0.1) is 0 Å². The van der Waals surface area contributed by atoms with E-state index < -0.39 is 55.2 Å². The Balaban J connectivity index is 1.58. The van der Waals surface area contributed by atoms with Gasteiger partial charge in [0.15, 0.2) is 6.29 Å². The predicted molar refractivity (Wildman–Crippen MR) is 63.3 cm³/mol. The molecule has 0 aliphatic carbocycles. The molecule has 22 heavy (non-hydrogen) atoms. The lowest BCUT2D eigenvalue weighted by molar-refractivity contribution is -0.209. The molecule has 0 aromatic heterocycles. The molecule has 3 saturated heterocycles. The van der Waals surface area contributed by atoms with Gasteiger partial charge in [-0.2, -0.15) is 0 Å². The minimum absolute atomic E-state index is 0.0422. The van der Waals surface area contributed by atoms with Crippen LogP contribution in [-0.2, 0) is 38.0 Å². The Kier molecular flexibility index (Phi) is 4.30. The van der Waals surface area contributed by atoms with Crippen molar-refractivity contribution in [1.82, 2.24) is 0 Å². The monoisotopic (exact) mass is 320 g/mol. The second kappa shape index (κ2) is 6.07. The normalized spacial score (nSPS) is 44.0. The zero-order valence-corrected chi connectivity index (χ0v) is 11.6. The van der Waals surface area contributed by atoms with Crippen LogP contribution in [0.25, 0.3) is 0 Å². The molecule has 0 aromatic rings. The number of carboxylic acid groups (broad SMARTS) is 1. The molecule has 3 rings (SSSR count). The van der Waals surface area contributed by atoms with E-state index in [-0.39, 0.29) is 13.2 Å². The Morgan fingerprint density at radius 3 is 2.50 bits per heavy atom. The number of carbonyl (C=O) groups is 2. The minimum Gasteiger partial charge on any atom is -0.477 e. The average molecular weight is 320 g/mol. The second-order valence-electron chi connectivity index (χ2n) is 4.96. The van der Waals surface area contributed by atoms with Crippen molar-refractivity contribution in [3.63, 3.8) is 0 Å². The minimum atomic E-state index is -1.39. The van der Waals surface area contributed by atoms with Gasteiger partial charge in [0.05, 0.1) is 13.2 Å². The number of carboxylic acids is 1. The number of esters is 1. The van der Waals surface area contributed by atoms with E-state index in [0.29, 0.717) is 0 Å². The molecule has 3 heterocycles. The summed E-state index contributed by atoms with van der Waals surface area (Å²) >= 11 is 0. The molecule has 3 aliphatic rings. The molecule has 7 unspecified atom stereocenters.